The largest absolute Gasteiger partial charge is 0.303 e. The van der Waals surface area contributed by atoms with Crippen LogP contribution in [0.25, 0.3) is 0 Å². The molecule has 0 spiro atoms. The molecule has 1 aliphatic carbocycles. The highest BCUT2D eigenvalue weighted by Crippen LogP contribution is 2.33. The van der Waals surface area contributed by atoms with Gasteiger partial charge in [0, 0.05) is 6.42 Å². The minimum absolute atomic E-state index is 0.590. The summed E-state index contributed by atoms with van der Waals surface area (Å²) in [4.78, 5) is 10.8. The highest BCUT2D eigenvalue weighted by Gasteiger charge is 2.21. The number of hydrogen-bond donors (Lipinski definition) is 0. The second-order valence-electron chi connectivity index (χ2n) is 5.61. The van der Waals surface area contributed by atoms with Gasteiger partial charge in [-0.3, -0.25) is 0 Å². The van der Waals surface area contributed by atoms with Crippen LogP contribution in [0.3, 0.4) is 0 Å². The first kappa shape index (κ1) is 14.2. The van der Waals surface area contributed by atoms with Crippen molar-refractivity contribution in [1.29, 1.82) is 0 Å². The Hall–Kier alpha value is -0.850. The van der Waals surface area contributed by atoms with Gasteiger partial charge in [-0.2, -0.15) is 0 Å². The molecule has 0 bridgehead atoms. The number of aldehydes is 1. The summed E-state index contributed by atoms with van der Waals surface area (Å²) in [6, 6.07) is 0. The molecule has 0 radical (unpaired) electrons. The van der Waals surface area contributed by atoms with Gasteiger partial charge >= 0.3 is 0 Å². The maximum absolute atomic E-state index is 10.8. The van der Waals surface area contributed by atoms with Crippen molar-refractivity contribution in [3.63, 3.8) is 0 Å². The van der Waals surface area contributed by atoms with E-state index in [4.69, 9.17) is 0 Å². The van der Waals surface area contributed by atoms with Crippen molar-refractivity contribution in [3.05, 3.63) is 23.3 Å². The molecule has 1 aliphatic rings. The quantitative estimate of drug-likeness (QED) is 0.481. The summed E-state index contributed by atoms with van der Waals surface area (Å²) in [5.41, 5.74) is 2.91. The van der Waals surface area contributed by atoms with Crippen molar-refractivity contribution in [1.82, 2.24) is 0 Å². The van der Waals surface area contributed by atoms with Crippen LogP contribution in [-0.4, -0.2) is 6.29 Å². The smallest absolute Gasteiger partial charge is 0.120 e. The zero-order chi connectivity index (χ0) is 12.7. The molecule has 2 atom stereocenters. The second-order valence-corrected chi connectivity index (χ2v) is 5.61. The van der Waals surface area contributed by atoms with E-state index in [0.717, 1.165) is 25.0 Å². The summed E-state index contributed by atoms with van der Waals surface area (Å²) in [6.45, 7) is 6.50. The summed E-state index contributed by atoms with van der Waals surface area (Å²) < 4.78 is 0. The molecule has 17 heavy (non-hydrogen) atoms. The summed E-state index contributed by atoms with van der Waals surface area (Å²) >= 11 is 0. The molecule has 0 fully saturated rings. The number of rotatable bonds is 6. The van der Waals surface area contributed by atoms with E-state index in [9.17, 15) is 4.79 Å². The minimum atomic E-state index is 0.590. The van der Waals surface area contributed by atoms with Crippen LogP contribution in [0.2, 0.25) is 0 Å². The standard InChI is InChI=1S/C16H26O/c1-13(2)5-4-6-15(11-12-17)16-9-7-14(3)8-10-16/h5,7,12,15-16H,4,6,8-11H2,1-3H3/t15-,16-/m0/s1. The van der Waals surface area contributed by atoms with E-state index in [1.54, 1.807) is 0 Å². The molecule has 1 rings (SSSR count). The summed E-state index contributed by atoms with van der Waals surface area (Å²) in [5.74, 6) is 1.32. The molecule has 0 aliphatic heterocycles. The first-order valence-corrected chi connectivity index (χ1v) is 6.86. The summed E-state index contributed by atoms with van der Waals surface area (Å²) in [6.07, 6.45) is 12.5. The minimum Gasteiger partial charge on any atom is -0.303 e. The van der Waals surface area contributed by atoms with Crippen molar-refractivity contribution in [2.75, 3.05) is 0 Å². The number of hydrogen-bond acceptors (Lipinski definition) is 1. The molecule has 1 nitrogen and oxygen atoms in total. The predicted molar refractivity (Wildman–Crippen MR) is 73.9 cm³/mol. The van der Waals surface area contributed by atoms with Gasteiger partial charge in [0.05, 0.1) is 0 Å². The van der Waals surface area contributed by atoms with Crippen LogP contribution in [0.5, 0.6) is 0 Å². The van der Waals surface area contributed by atoms with E-state index >= 15 is 0 Å². The fourth-order valence-corrected chi connectivity index (χ4v) is 2.67. The molecule has 0 amide bonds. The van der Waals surface area contributed by atoms with E-state index < -0.39 is 0 Å². The lowest BCUT2D eigenvalue weighted by molar-refractivity contribution is -0.109. The van der Waals surface area contributed by atoms with Gasteiger partial charge in [0.2, 0.25) is 0 Å². The Balaban J connectivity index is 2.47. The van der Waals surface area contributed by atoms with Crippen molar-refractivity contribution < 1.29 is 4.79 Å². The predicted octanol–water partition coefficient (Wildman–Crippen LogP) is 4.68. The molecule has 0 aromatic rings. The first-order chi connectivity index (χ1) is 8.13. The van der Waals surface area contributed by atoms with Gasteiger partial charge in [-0.15, -0.1) is 0 Å². The fraction of sp³-hybridized carbons (Fsp3) is 0.688. The van der Waals surface area contributed by atoms with Crippen LogP contribution in [0.1, 0.15) is 59.3 Å². The van der Waals surface area contributed by atoms with Crippen LogP contribution in [0, 0.1) is 11.8 Å². The van der Waals surface area contributed by atoms with E-state index in [2.05, 4.69) is 32.9 Å². The lowest BCUT2D eigenvalue weighted by Crippen LogP contribution is -2.17. The third-order valence-electron chi connectivity index (χ3n) is 3.83. The first-order valence-electron chi connectivity index (χ1n) is 6.86. The van der Waals surface area contributed by atoms with Crippen molar-refractivity contribution in [3.8, 4) is 0 Å². The number of allylic oxidation sites excluding steroid dienone is 4. The maximum Gasteiger partial charge on any atom is 0.120 e. The molecule has 0 heterocycles. The number of carbonyl (C=O) groups is 1. The van der Waals surface area contributed by atoms with Gasteiger partial charge in [-0.1, -0.05) is 23.3 Å². The van der Waals surface area contributed by atoms with Crippen LogP contribution < -0.4 is 0 Å². The Morgan fingerprint density at radius 2 is 2.29 bits per heavy atom. The van der Waals surface area contributed by atoms with Gasteiger partial charge in [-0.25, -0.2) is 0 Å². The van der Waals surface area contributed by atoms with Gasteiger partial charge in [0.15, 0.2) is 0 Å². The SMILES string of the molecule is CC(C)=CCC[C@@H](CC=O)[C@H]1CC=C(C)CC1. The van der Waals surface area contributed by atoms with Gasteiger partial charge in [0.25, 0.3) is 0 Å². The molecule has 0 saturated carbocycles. The van der Waals surface area contributed by atoms with E-state index in [0.29, 0.717) is 5.92 Å². The van der Waals surface area contributed by atoms with Crippen molar-refractivity contribution in [2.24, 2.45) is 11.8 Å². The third kappa shape index (κ3) is 5.34. The van der Waals surface area contributed by atoms with E-state index in [1.165, 1.54) is 36.8 Å². The van der Waals surface area contributed by atoms with Crippen LogP contribution in [0.4, 0.5) is 0 Å². The highest BCUT2D eigenvalue weighted by molar-refractivity contribution is 5.49. The average Bonchev–Trinajstić information content (AvgIpc) is 2.29. The zero-order valence-corrected chi connectivity index (χ0v) is 11.5. The Labute approximate surface area is 106 Å². The Morgan fingerprint density at radius 3 is 2.82 bits per heavy atom. The molecule has 0 aromatic carbocycles. The highest BCUT2D eigenvalue weighted by atomic mass is 16.1. The third-order valence-corrected chi connectivity index (χ3v) is 3.83. The average molecular weight is 234 g/mol. The topological polar surface area (TPSA) is 17.1 Å². The number of carbonyl (C=O) groups excluding carboxylic acids is 1. The second kappa shape index (κ2) is 7.47. The van der Waals surface area contributed by atoms with Crippen molar-refractivity contribution in [2.45, 2.75) is 59.3 Å². The Morgan fingerprint density at radius 1 is 1.53 bits per heavy atom. The molecule has 0 saturated heterocycles. The van der Waals surface area contributed by atoms with Gasteiger partial charge in [0.1, 0.15) is 6.29 Å². The molecule has 0 aromatic heterocycles. The molecular formula is C16H26O. The summed E-state index contributed by atoms with van der Waals surface area (Å²) in [7, 11) is 0. The maximum atomic E-state index is 10.8. The van der Waals surface area contributed by atoms with E-state index in [1.807, 2.05) is 0 Å². The Bertz CT molecular complexity index is 295. The molecule has 1 heteroatoms. The zero-order valence-electron chi connectivity index (χ0n) is 11.5. The molecule has 0 N–H and O–H groups in total. The van der Waals surface area contributed by atoms with Crippen LogP contribution in [0.15, 0.2) is 23.3 Å². The van der Waals surface area contributed by atoms with Gasteiger partial charge < -0.3 is 4.79 Å². The summed E-state index contributed by atoms with van der Waals surface area (Å²) in [5, 5.41) is 0. The molecule has 96 valence electrons. The monoisotopic (exact) mass is 234 g/mol. The lowest BCUT2D eigenvalue weighted by atomic mass is 9.77. The fourth-order valence-electron chi connectivity index (χ4n) is 2.67. The molecular weight excluding hydrogens is 208 g/mol. The Kier molecular flexibility index (Phi) is 6.25. The van der Waals surface area contributed by atoms with Crippen LogP contribution >= 0.6 is 0 Å². The van der Waals surface area contributed by atoms with Crippen LogP contribution in [-0.2, 0) is 4.79 Å². The molecule has 0 unspecified atom stereocenters. The lowest BCUT2D eigenvalue weighted by Gasteiger charge is -2.28. The van der Waals surface area contributed by atoms with Gasteiger partial charge in [-0.05, 0) is 64.7 Å². The van der Waals surface area contributed by atoms with E-state index in [-0.39, 0.29) is 0 Å². The normalized spacial score (nSPS) is 21.6. The van der Waals surface area contributed by atoms with Crippen molar-refractivity contribution >= 4 is 6.29 Å².